The van der Waals surface area contributed by atoms with Gasteiger partial charge in [-0.1, -0.05) is 0 Å². The first-order chi connectivity index (χ1) is 7.13. The maximum Gasteiger partial charge on any atom is 0.129 e. The number of ether oxygens (including phenoxy) is 1. The van der Waals surface area contributed by atoms with Gasteiger partial charge in [-0.15, -0.1) is 0 Å². The van der Waals surface area contributed by atoms with E-state index in [0.717, 1.165) is 24.7 Å². The topological polar surface area (TPSA) is 9.23 Å². The molecule has 15 heavy (non-hydrogen) atoms. The zero-order chi connectivity index (χ0) is 10.9. The molecule has 1 aromatic rings. The summed E-state index contributed by atoms with van der Waals surface area (Å²) in [6, 6.07) is 3.22. The molecule has 1 aromatic carbocycles. The van der Waals surface area contributed by atoms with E-state index in [9.17, 15) is 8.78 Å². The van der Waals surface area contributed by atoms with Crippen LogP contribution in [-0.4, -0.2) is 12.4 Å². The maximum atomic E-state index is 12.8. The van der Waals surface area contributed by atoms with E-state index in [0.29, 0.717) is 6.61 Å². The predicted octanol–water partition coefficient (Wildman–Crippen LogP) is 3.05. The molecule has 1 aliphatic rings. The normalized spacial score (nSPS) is 17.5. The third-order valence-electron chi connectivity index (χ3n) is 2.67. The molecule has 0 N–H and O–H groups in total. The smallest absolute Gasteiger partial charge is 0.129 e. The van der Waals surface area contributed by atoms with Crippen molar-refractivity contribution in [1.29, 1.82) is 0 Å². The highest BCUT2D eigenvalue weighted by Gasteiger charge is 2.42. The van der Waals surface area contributed by atoms with Crippen LogP contribution < -0.4 is 4.74 Å². The standard InChI is InChI=1S/C11H12F2OS/c12-8-3-9(13)5-10(4-8)14-6-11(7-15)1-2-11/h3-5,15H,1-2,6-7H2. The Hall–Kier alpha value is -0.770. The Bertz CT molecular complexity index is 343. The monoisotopic (exact) mass is 230 g/mol. The lowest BCUT2D eigenvalue weighted by molar-refractivity contribution is 0.248. The van der Waals surface area contributed by atoms with Crippen molar-refractivity contribution in [3.63, 3.8) is 0 Å². The van der Waals surface area contributed by atoms with E-state index in [1.165, 1.54) is 12.1 Å². The first-order valence-electron chi connectivity index (χ1n) is 4.83. The van der Waals surface area contributed by atoms with Crippen LogP contribution in [0, 0.1) is 17.0 Å². The fraction of sp³-hybridized carbons (Fsp3) is 0.455. The van der Waals surface area contributed by atoms with Crippen molar-refractivity contribution in [3.8, 4) is 5.75 Å². The molecule has 0 saturated heterocycles. The van der Waals surface area contributed by atoms with Gasteiger partial charge in [0.15, 0.2) is 0 Å². The zero-order valence-corrected chi connectivity index (χ0v) is 9.07. The highest BCUT2D eigenvalue weighted by molar-refractivity contribution is 7.80. The molecule has 0 spiro atoms. The third kappa shape index (κ3) is 2.62. The van der Waals surface area contributed by atoms with E-state index in [4.69, 9.17) is 4.74 Å². The average Bonchev–Trinajstić information content (AvgIpc) is 2.94. The number of hydrogen-bond donors (Lipinski definition) is 1. The number of benzene rings is 1. The fourth-order valence-corrected chi connectivity index (χ4v) is 1.78. The molecule has 1 aliphatic carbocycles. The van der Waals surface area contributed by atoms with E-state index in [1.54, 1.807) is 0 Å². The van der Waals surface area contributed by atoms with Gasteiger partial charge < -0.3 is 4.74 Å². The summed E-state index contributed by atoms with van der Waals surface area (Å²) in [5, 5.41) is 0. The summed E-state index contributed by atoms with van der Waals surface area (Å²) >= 11 is 4.22. The van der Waals surface area contributed by atoms with Gasteiger partial charge >= 0.3 is 0 Å². The molecule has 0 aliphatic heterocycles. The molecule has 1 saturated carbocycles. The van der Waals surface area contributed by atoms with Crippen molar-refractivity contribution in [1.82, 2.24) is 0 Å². The van der Waals surface area contributed by atoms with Crippen LogP contribution in [-0.2, 0) is 0 Å². The molecular weight excluding hydrogens is 218 g/mol. The Kier molecular flexibility index (Phi) is 2.87. The highest BCUT2D eigenvalue weighted by Crippen LogP contribution is 2.46. The van der Waals surface area contributed by atoms with Crippen LogP contribution in [0.3, 0.4) is 0 Å². The predicted molar refractivity (Wildman–Crippen MR) is 57.4 cm³/mol. The van der Waals surface area contributed by atoms with Crippen LogP contribution >= 0.6 is 12.6 Å². The van der Waals surface area contributed by atoms with Crippen LogP contribution in [0.5, 0.6) is 5.75 Å². The largest absolute Gasteiger partial charge is 0.493 e. The minimum Gasteiger partial charge on any atom is -0.493 e. The molecular formula is C11H12F2OS. The Morgan fingerprint density at radius 2 is 1.80 bits per heavy atom. The molecule has 0 bridgehead atoms. The van der Waals surface area contributed by atoms with Crippen LogP contribution in [0.4, 0.5) is 8.78 Å². The summed E-state index contributed by atoms with van der Waals surface area (Å²) in [4.78, 5) is 0. The number of thiol groups is 1. The molecule has 4 heteroatoms. The van der Waals surface area contributed by atoms with Crippen molar-refractivity contribution in [2.24, 2.45) is 5.41 Å². The summed E-state index contributed by atoms with van der Waals surface area (Å²) in [6.07, 6.45) is 2.16. The van der Waals surface area contributed by atoms with E-state index < -0.39 is 11.6 Å². The van der Waals surface area contributed by atoms with Crippen LogP contribution in [0.1, 0.15) is 12.8 Å². The Morgan fingerprint density at radius 1 is 1.20 bits per heavy atom. The van der Waals surface area contributed by atoms with E-state index in [-0.39, 0.29) is 11.2 Å². The average molecular weight is 230 g/mol. The van der Waals surface area contributed by atoms with Crippen LogP contribution in [0.15, 0.2) is 18.2 Å². The van der Waals surface area contributed by atoms with Gasteiger partial charge in [-0.2, -0.15) is 12.6 Å². The highest BCUT2D eigenvalue weighted by atomic mass is 32.1. The molecule has 1 nitrogen and oxygen atoms in total. The fourth-order valence-electron chi connectivity index (χ4n) is 1.37. The van der Waals surface area contributed by atoms with Gasteiger partial charge in [0.05, 0.1) is 6.61 Å². The lowest BCUT2D eigenvalue weighted by Crippen LogP contribution is -2.14. The lowest BCUT2D eigenvalue weighted by atomic mass is 10.2. The van der Waals surface area contributed by atoms with Gasteiger partial charge in [-0.05, 0) is 18.6 Å². The summed E-state index contributed by atoms with van der Waals surface area (Å²) in [5.74, 6) is -0.216. The molecule has 82 valence electrons. The number of halogens is 2. The van der Waals surface area contributed by atoms with Crippen LogP contribution in [0.25, 0.3) is 0 Å². The minimum atomic E-state index is -0.610. The first kappa shape index (κ1) is 10.7. The second-order valence-corrected chi connectivity index (χ2v) is 4.37. The van der Waals surface area contributed by atoms with Gasteiger partial charge in [0.25, 0.3) is 0 Å². The van der Waals surface area contributed by atoms with Gasteiger partial charge in [0.1, 0.15) is 17.4 Å². The summed E-state index contributed by atoms with van der Waals surface area (Å²) in [7, 11) is 0. The van der Waals surface area contributed by atoms with Crippen LogP contribution in [0.2, 0.25) is 0 Å². The molecule has 0 unspecified atom stereocenters. The van der Waals surface area contributed by atoms with Gasteiger partial charge in [-0.3, -0.25) is 0 Å². The molecule has 2 rings (SSSR count). The Labute approximate surface area is 92.8 Å². The summed E-state index contributed by atoms with van der Waals surface area (Å²) < 4.78 is 31.0. The van der Waals surface area contributed by atoms with Crippen molar-refractivity contribution in [2.75, 3.05) is 12.4 Å². The number of hydrogen-bond acceptors (Lipinski definition) is 2. The van der Waals surface area contributed by atoms with E-state index in [2.05, 4.69) is 12.6 Å². The maximum absolute atomic E-state index is 12.8. The second-order valence-electron chi connectivity index (χ2n) is 4.05. The molecule has 0 aromatic heterocycles. The summed E-state index contributed by atoms with van der Waals surface area (Å²) in [5.41, 5.74) is 0.131. The first-order valence-corrected chi connectivity index (χ1v) is 5.47. The molecule has 0 atom stereocenters. The molecule has 1 fully saturated rings. The summed E-state index contributed by atoms with van der Waals surface area (Å²) in [6.45, 7) is 0.486. The Balaban J connectivity index is 1.99. The van der Waals surface area contributed by atoms with Crippen molar-refractivity contribution in [3.05, 3.63) is 29.8 Å². The molecule has 0 heterocycles. The zero-order valence-electron chi connectivity index (χ0n) is 8.17. The van der Waals surface area contributed by atoms with E-state index in [1.807, 2.05) is 0 Å². The SMILES string of the molecule is Fc1cc(F)cc(OCC2(CS)CC2)c1. The number of rotatable bonds is 4. The van der Waals surface area contributed by atoms with E-state index >= 15 is 0 Å². The molecule has 0 radical (unpaired) electrons. The quantitative estimate of drug-likeness (QED) is 0.782. The van der Waals surface area contributed by atoms with Gasteiger partial charge in [-0.25, -0.2) is 8.78 Å². The minimum absolute atomic E-state index is 0.131. The second kappa shape index (κ2) is 4.00. The van der Waals surface area contributed by atoms with Crippen molar-refractivity contribution < 1.29 is 13.5 Å². The van der Waals surface area contributed by atoms with Crippen molar-refractivity contribution >= 4 is 12.6 Å². The lowest BCUT2D eigenvalue weighted by Gasteiger charge is -2.13. The van der Waals surface area contributed by atoms with Gasteiger partial charge in [0, 0.05) is 23.6 Å². The van der Waals surface area contributed by atoms with Crippen molar-refractivity contribution in [2.45, 2.75) is 12.8 Å². The Morgan fingerprint density at radius 3 is 2.27 bits per heavy atom. The van der Waals surface area contributed by atoms with Gasteiger partial charge in [0.2, 0.25) is 0 Å². The third-order valence-corrected chi connectivity index (χ3v) is 3.34. The molecule has 0 amide bonds.